The van der Waals surface area contributed by atoms with Gasteiger partial charge in [0.15, 0.2) is 11.5 Å². The van der Waals surface area contributed by atoms with Gasteiger partial charge in [-0.3, -0.25) is 9.59 Å². The van der Waals surface area contributed by atoms with Gasteiger partial charge in [0.25, 0.3) is 11.8 Å². The zero-order chi connectivity index (χ0) is 19.6. The summed E-state index contributed by atoms with van der Waals surface area (Å²) in [5.74, 6) is 2.15. The average molecular weight is 492 g/mol. The van der Waals surface area contributed by atoms with Crippen LogP contribution < -0.4 is 9.47 Å². The highest BCUT2D eigenvalue weighted by molar-refractivity contribution is 14.1. The highest BCUT2D eigenvalue weighted by Gasteiger charge is 2.67. The molecule has 1 aliphatic heterocycles. The lowest BCUT2D eigenvalue weighted by Crippen LogP contribution is -2.40. The summed E-state index contributed by atoms with van der Waals surface area (Å²) in [5.41, 5.74) is 0.754. The predicted molar refractivity (Wildman–Crippen MR) is 111 cm³/mol. The van der Waals surface area contributed by atoms with Crippen LogP contribution in [0.5, 0.6) is 11.5 Å². The van der Waals surface area contributed by atoms with E-state index in [1.54, 1.807) is 19.4 Å². The van der Waals surface area contributed by atoms with Crippen LogP contribution in [-0.2, 0) is 9.59 Å². The maximum atomic E-state index is 13.0. The minimum absolute atomic E-state index is 0.149. The zero-order valence-corrected chi connectivity index (χ0v) is 17.8. The molecule has 0 unspecified atom stereocenters. The lowest BCUT2D eigenvalue weighted by atomic mass is 9.63. The number of hydrogen-bond donors (Lipinski definition) is 0. The van der Waals surface area contributed by atoms with Gasteiger partial charge in [0.05, 0.1) is 35.3 Å². The fourth-order valence-corrected chi connectivity index (χ4v) is 6.06. The largest absolute Gasteiger partial charge is 0.493 e. The normalized spacial score (nSPS) is 34.8. The van der Waals surface area contributed by atoms with Gasteiger partial charge in [-0.25, -0.2) is 0 Å². The molecule has 0 spiro atoms. The zero-order valence-electron chi connectivity index (χ0n) is 15.7. The fraction of sp³-hybridized carbons (Fsp3) is 0.476. The molecule has 3 fully saturated rings. The van der Waals surface area contributed by atoms with Crippen LogP contribution in [0.2, 0.25) is 0 Å². The molecule has 1 heterocycles. The van der Waals surface area contributed by atoms with Crippen LogP contribution in [0.1, 0.15) is 18.9 Å². The number of imide groups is 1. The van der Waals surface area contributed by atoms with Crippen molar-refractivity contribution in [1.82, 2.24) is 5.01 Å². The molecular formula is C21H21IN2O4. The maximum absolute atomic E-state index is 13.0. The number of nitrogens with zero attached hydrogens (tertiary/aromatic N) is 2. The summed E-state index contributed by atoms with van der Waals surface area (Å²) in [7, 11) is 1.58. The molecule has 5 aliphatic rings. The van der Waals surface area contributed by atoms with Gasteiger partial charge in [0.1, 0.15) is 0 Å². The first-order valence-electron chi connectivity index (χ1n) is 9.65. The van der Waals surface area contributed by atoms with Crippen LogP contribution in [0, 0.1) is 39.1 Å². The molecule has 2 bridgehead atoms. The Balaban J connectivity index is 1.41. The van der Waals surface area contributed by atoms with Crippen LogP contribution >= 0.6 is 22.6 Å². The molecule has 146 valence electrons. The Morgan fingerprint density at radius 2 is 1.82 bits per heavy atom. The summed E-state index contributed by atoms with van der Waals surface area (Å²) in [6, 6.07) is 3.70. The molecule has 6 rings (SSSR count). The Morgan fingerprint density at radius 3 is 2.39 bits per heavy atom. The second-order valence-corrected chi connectivity index (χ2v) is 9.02. The minimum atomic E-state index is -0.224. The SMILES string of the molecule is CCOc1c(I)cc(/C=N\N2C(=O)[C@@H]3[C@@H]4C=C[C@H]([C@@H]5C[C@H]45)[C@H]3C2=O)cc1OC. The first-order chi connectivity index (χ1) is 13.5. The van der Waals surface area contributed by atoms with Crippen molar-refractivity contribution in [2.75, 3.05) is 13.7 Å². The first-order valence-corrected chi connectivity index (χ1v) is 10.7. The van der Waals surface area contributed by atoms with E-state index < -0.39 is 0 Å². The van der Waals surface area contributed by atoms with Crippen molar-refractivity contribution in [2.45, 2.75) is 13.3 Å². The molecule has 1 saturated heterocycles. The Hall–Kier alpha value is -1.90. The van der Waals surface area contributed by atoms with E-state index in [4.69, 9.17) is 9.47 Å². The number of allylic oxidation sites excluding steroid dienone is 2. The second kappa shape index (κ2) is 6.57. The summed E-state index contributed by atoms with van der Waals surface area (Å²) in [5, 5.41) is 5.39. The van der Waals surface area contributed by atoms with E-state index in [9.17, 15) is 9.59 Å². The van der Waals surface area contributed by atoms with E-state index in [0.717, 1.165) is 20.6 Å². The number of methoxy groups -OCH3 is 1. The van der Waals surface area contributed by atoms with Crippen molar-refractivity contribution in [2.24, 2.45) is 40.6 Å². The van der Waals surface area contributed by atoms with Gasteiger partial charge in [-0.15, -0.1) is 0 Å². The molecule has 4 aliphatic carbocycles. The topological polar surface area (TPSA) is 68.2 Å². The highest BCUT2D eigenvalue weighted by atomic mass is 127. The molecule has 28 heavy (non-hydrogen) atoms. The van der Waals surface area contributed by atoms with Crippen molar-refractivity contribution in [3.05, 3.63) is 33.4 Å². The minimum Gasteiger partial charge on any atom is -0.493 e. The maximum Gasteiger partial charge on any atom is 0.254 e. The van der Waals surface area contributed by atoms with Gasteiger partial charge in [0, 0.05) is 0 Å². The number of ether oxygens (including phenoxy) is 2. The molecule has 6 nitrogen and oxygen atoms in total. The summed E-state index contributed by atoms with van der Waals surface area (Å²) in [6.45, 7) is 2.46. The monoisotopic (exact) mass is 492 g/mol. The third-order valence-corrected chi connectivity index (χ3v) is 7.30. The highest BCUT2D eigenvalue weighted by Crippen LogP contribution is 2.65. The van der Waals surface area contributed by atoms with E-state index in [2.05, 4.69) is 39.8 Å². The van der Waals surface area contributed by atoms with Crippen molar-refractivity contribution >= 4 is 40.6 Å². The standard InChI is InChI=1S/C21H21IN2O4/c1-3-28-19-15(22)6-10(7-16(19)27-2)9-23-24-20(25)17-11-4-5-12(14-8-13(11)14)18(17)21(24)26/h4-7,9,11-14,17-18H,3,8H2,1-2H3/b23-9-/t11-,12-,13-,14+,17-,18-/m1/s1. The smallest absolute Gasteiger partial charge is 0.254 e. The lowest BCUT2D eigenvalue weighted by Gasteiger charge is -2.37. The summed E-state index contributed by atoms with van der Waals surface area (Å²) in [6.07, 6.45) is 7.04. The van der Waals surface area contributed by atoms with Gasteiger partial charge >= 0.3 is 0 Å². The number of benzene rings is 1. The van der Waals surface area contributed by atoms with E-state index in [0.29, 0.717) is 29.9 Å². The molecule has 2 amide bonds. The summed E-state index contributed by atoms with van der Waals surface area (Å²) >= 11 is 2.18. The molecule has 2 saturated carbocycles. The third kappa shape index (κ3) is 2.54. The molecule has 0 N–H and O–H groups in total. The molecule has 0 radical (unpaired) electrons. The van der Waals surface area contributed by atoms with E-state index >= 15 is 0 Å². The van der Waals surface area contributed by atoms with Crippen molar-refractivity contribution in [3.63, 3.8) is 0 Å². The number of carbonyl (C=O) groups is 2. The summed E-state index contributed by atoms with van der Waals surface area (Å²) < 4.78 is 11.9. The van der Waals surface area contributed by atoms with Crippen molar-refractivity contribution in [1.29, 1.82) is 0 Å². The number of carbonyl (C=O) groups excluding carboxylic acids is 2. The quantitative estimate of drug-likeness (QED) is 0.274. The molecule has 1 aromatic rings. The molecule has 6 atom stereocenters. The van der Waals surface area contributed by atoms with Crippen LogP contribution in [0.25, 0.3) is 0 Å². The Labute approximate surface area is 177 Å². The second-order valence-electron chi connectivity index (χ2n) is 7.85. The molecule has 7 heteroatoms. The van der Waals surface area contributed by atoms with Crippen LogP contribution in [0.4, 0.5) is 0 Å². The Kier molecular flexibility index (Phi) is 4.26. The van der Waals surface area contributed by atoms with Crippen LogP contribution in [0.15, 0.2) is 29.4 Å². The first kappa shape index (κ1) is 18.1. The number of halogens is 1. The van der Waals surface area contributed by atoms with E-state index in [-0.39, 0.29) is 35.5 Å². The van der Waals surface area contributed by atoms with Gasteiger partial charge < -0.3 is 9.47 Å². The van der Waals surface area contributed by atoms with Crippen molar-refractivity contribution < 1.29 is 19.1 Å². The van der Waals surface area contributed by atoms with Gasteiger partial charge in [-0.05, 0) is 77.3 Å². The molecule has 1 aromatic carbocycles. The molecular weight excluding hydrogens is 471 g/mol. The van der Waals surface area contributed by atoms with Crippen molar-refractivity contribution in [3.8, 4) is 11.5 Å². The number of hydrazone groups is 1. The Morgan fingerprint density at radius 1 is 1.18 bits per heavy atom. The average Bonchev–Trinajstić information content (AvgIpc) is 3.47. The fourth-order valence-electron chi connectivity index (χ4n) is 5.28. The lowest BCUT2D eigenvalue weighted by molar-refractivity contribution is -0.140. The van der Waals surface area contributed by atoms with Gasteiger partial charge in [-0.1, -0.05) is 12.2 Å². The molecule has 0 aromatic heterocycles. The predicted octanol–water partition coefficient (Wildman–Crippen LogP) is 3.09. The van der Waals surface area contributed by atoms with E-state index in [1.165, 1.54) is 0 Å². The number of hydrogen-bond acceptors (Lipinski definition) is 5. The summed E-state index contributed by atoms with van der Waals surface area (Å²) in [4.78, 5) is 25.9. The van der Waals surface area contributed by atoms with E-state index in [1.807, 2.05) is 13.0 Å². The van der Waals surface area contributed by atoms with Crippen LogP contribution in [-0.4, -0.2) is 36.8 Å². The van der Waals surface area contributed by atoms with Gasteiger partial charge in [0.2, 0.25) is 0 Å². The third-order valence-electron chi connectivity index (χ3n) is 6.50. The number of rotatable bonds is 5. The Bertz CT molecular complexity index is 891. The van der Waals surface area contributed by atoms with Gasteiger partial charge in [-0.2, -0.15) is 10.1 Å². The number of amides is 2. The van der Waals surface area contributed by atoms with Crippen LogP contribution in [0.3, 0.4) is 0 Å².